The van der Waals surface area contributed by atoms with Crippen molar-refractivity contribution >= 4 is 5.97 Å². The third kappa shape index (κ3) is 2.19. The minimum atomic E-state index is -1.03. The highest BCUT2D eigenvalue weighted by atomic mass is 16.5. The van der Waals surface area contributed by atoms with E-state index >= 15 is 0 Å². The summed E-state index contributed by atoms with van der Waals surface area (Å²) in [7, 11) is 0. The maximum atomic E-state index is 10.3. The first-order valence-electron chi connectivity index (χ1n) is 3.35. The molecule has 1 rings (SSSR count). The van der Waals surface area contributed by atoms with E-state index in [9.17, 15) is 4.79 Å². The maximum absolute atomic E-state index is 10.3. The topological polar surface area (TPSA) is 72.3 Å². The number of nitrogens with zero attached hydrogens (tertiary/aromatic N) is 2. The van der Waals surface area contributed by atoms with Crippen LogP contribution in [0.2, 0.25) is 0 Å². The Balaban J connectivity index is 2.58. The van der Waals surface area contributed by atoms with Crippen LogP contribution in [0.4, 0.5) is 0 Å². The van der Waals surface area contributed by atoms with Crippen molar-refractivity contribution in [2.24, 2.45) is 0 Å². The van der Waals surface area contributed by atoms with Gasteiger partial charge in [-0.15, -0.1) is 0 Å². The zero-order chi connectivity index (χ0) is 8.97. The molecule has 5 nitrogen and oxygen atoms in total. The number of carboxylic acids is 1. The lowest BCUT2D eigenvalue weighted by atomic mass is 10.4. The summed E-state index contributed by atoms with van der Waals surface area (Å²) in [5.41, 5.74) is 0. The van der Waals surface area contributed by atoms with E-state index in [1.807, 2.05) is 0 Å². The number of ether oxygens (including phenoxy) is 1. The summed E-state index contributed by atoms with van der Waals surface area (Å²) >= 11 is 0. The van der Waals surface area contributed by atoms with Gasteiger partial charge >= 0.3 is 5.97 Å². The summed E-state index contributed by atoms with van der Waals surface area (Å²) in [4.78, 5) is 17.8. The van der Waals surface area contributed by atoms with E-state index in [1.54, 1.807) is 0 Å². The second kappa shape index (κ2) is 3.66. The molecule has 0 spiro atoms. The fourth-order valence-corrected chi connectivity index (χ4v) is 0.578. The van der Waals surface area contributed by atoms with Gasteiger partial charge in [0.05, 0.1) is 6.20 Å². The van der Waals surface area contributed by atoms with Gasteiger partial charge in [0, 0.05) is 12.4 Å². The van der Waals surface area contributed by atoms with Gasteiger partial charge in [-0.05, 0) is 6.92 Å². The zero-order valence-corrected chi connectivity index (χ0v) is 6.47. The van der Waals surface area contributed by atoms with Crippen molar-refractivity contribution in [3.05, 3.63) is 18.6 Å². The molecule has 0 aliphatic rings. The van der Waals surface area contributed by atoms with Crippen LogP contribution in [0.15, 0.2) is 18.6 Å². The third-order valence-corrected chi connectivity index (χ3v) is 1.18. The van der Waals surface area contributed by atoms with E-state index < -0.39 is 12.1 Å². The molecule has 0 saturated heterocycles. The van der Waals surface area contributed by atoms with Gasteiger partial charge in [0.15, 0.2) is 6.10 Å². The van der Waals surface area contributed by atoms with Crippen LogP contribution in [-0.2, 0) is 4.79 Å². The van der Waals surface area contributed by atoms with Gasteiger partial charge in [-0.2, -0.15) is 0 Å². The van der Waals surface area contributed by atoms with E-state index in [-0.39, 0.29) is 5.88 Å². The van der Waals surface area contributed by atoms with Crippen molar-refractivity contribution in [1.82, 2.24) is 9.97 Å². The molecule has 1 N–H and O–H groups in total. The fourth-order valence-electron chi connectivity index (χ4n) is 0.578. The molecule has 1 aromatic heterocycles. The number of carbonyl (C=O) groups is 1. The van der Waals surface area contributed by atoms with Crippen LogP contribution in [0.5, 0.6) is 5.88 Å². The maximum Gasteiger partial charge on any atom is 0.344 e. The molecule has 0 fully saturated rings. The van der Waals surface area contributed by atoms with Crippen LogP contribution < -0.4 is 4.74 Å². The van der Waals surface area contributed by atoms with Gasteiger partial charge in [-0.3, -0.25) is 4.98 Å². The lowest BCUT2D eigenvalue weighted by Crippen LogP contribution is -2.23. The molecule has 1 heterocycles. The Kier molecular flexibility index (Phi) is 2.57. The molecular formula is C7H8N2O3. The summed E-state index contributed by atoms with van der Waals surface area (Å²) in [5, 5.41) is 8.47. The molecule has 1 unspecified atom stereocenters. The lowest BCUT2D eigenvalue weighted by Gasteiger charge is -2.07. The van der Waals surface area contributed by atoms with Gasteiger partial charge in [0.1, 0.15) is 0 Å². The Hall–Kier alpha value is -1.65. The van der Waals surface area contributed by atoms with Crippen LogP contribution >= 0.6 is 0 Å². The smallest absolute Gasteiger partial charge is 0.344 e. The Morgan fingerprint density at radius 3 is 2.92 bits per heavy atom. The molecule has 0 aliphatic heterocycles. The summed E-state index contributed by atoms with van der Waals surface area (Å²) < 4.78 is 4.90. The first kappa shape index (κ1) is 8.45. The summed E-state index contributed by atoms with van der Waals surface area (Å²) in [5.74, 6) is -0.812. The average Bonchev–Trinajstić information content (AvgIpc) is 2.06. The number of hydrogen-bond donors (Lipinski definition) is 1. The van der Waals surface area contributed by atoms with Crippen molar-refractivity contribution in [3.63, 3.8) is 0 Å². The fraction of sp³-hybridized carbons (Fsp3) is 0.286. The van der Waals surface area contributed by atoms with E-state index in [4.69, 9.17) is 9.84 Å². The summed E-state index contributed by atoms with van der Waals surface area (Å²) in [6.45, 7) is 1.43. The molecule has 0 bridgehead atoms. The zero-order valence-electron chi connectivity index (χ0n) is 6.47. The van der Waals surface area contributed by atoms with Gasteiger partial charge in [-0.1, -0.05) is 0 Å². The summed E-state index contributed by atoms with van der Waals surface area (Å²) in [6, 6.07) is 0. The van der Waals surface area contributed by atoms with Gasteiger partial charge in [0.25, 0.3) is 0 Å². The predicted octanol–water partition coefficient (Wildman–Crippen LogP) is 0.328. The minimum absolute atomic E-state index is 0.215. The second-order valence-corrected chi connectivity index (χ2v) is 2.14. The summed E-state index contributed by atoms with van der Waals surface area (Å²) in [6.07, 6.45) is 3.38. The van der Waals surface area contributed by atoms with Crippen LogP contribution in [-0.4, -0.2) is 27.1 Å². The largest absolute Gasteiger partial charge is 0.479 e. The number of carboxylic acid groups (broad SMARTS) is 1. The van der Waals surface area contributed by atoms with E-state index in [0.717, 1.165) is 0 Å². The van der Waals surface area contributed by atoms with Gasteiger partial charge < -0.3 is 9.84 Å². The monoisotopic (exact) mass is 168 g/mol. The predicted molar refractivity (Wildman–Crippen MR) is 39.8 cm³/mol. The normalized spacial score (nSPS) is 12.1. The van der Waals surface area contributed by atoms with Crippen LogP contribution in [0.1, 0.15) is 6.92 Å². The van der Waals surface area contributed by atoms with Crippen LogP contribution in [0.25, 0.3) is 0 Å². The molecule has 5 heteroatoms. The van der Waals surface area contributed by atoms with Crippen molar-refractivity contribution in [3.8, 4) is 5.88 Å². The number of aromatic nitrogens is 2. The van der Waals surface area contributed by atoms with E-state index in [2.05, 4.69) is 9.97 Å². The SMILES string of the molecule is CC(Oc1cnccn1)C(=O)O. The van der Waals surface area contributed by atoms with Crippen molar-refractivity contribution < 1.29 is 14.6 Å². The lowest BCUT2D eigenvalue weighted by molar-refractivity contribution is -0.144. The van der Waals surface area contributed by atoms with Crippen molar-refractivity contribution in [1.29, 1.82) is 0 Å². The highest BCUT2D eigenvalue weighted by Gasteiger charge is 2.12. The van der Waals surface area contributed by atoms with E-state index in [0.29, 0.717) is 0 Å². The standard InChI is InChI=1S/C7H8N2O3/c1-5(7(10)11)12-6-4-8-2-3-9-6/h2-5H,1H3,(H,10,11). The Morgan fingerprint density at radius 2 is 2.42 bits per heavy atom. The Labute approximate surface area is 69.0 Å². The highest BCUT2D eigenvalue weighted by molar-refractivity contribution is 5.72. The highest BCUT2D eigenvalue weighted by Crippen LogP contribution is 2.03. The first-order valence-corrected chi connectivity index (χ1v) is 3.35. The van der Waals surface area contributed by atoms with Gasteiger partial charge in [0.2, 0.25) is 5.88 Å². The quantitative estimate of drug-likeness (QED) is 0.704. The van der Waals surface area contributed by atoms with Crippen molar-refractivity contribution in [2.45, 2.75) is 13.0 Å². The molecule has 0 aliphatic carbocycles. The molecule has 64 valence electrons. The molecule has 0 radical (unpaired) electrons. The Morgan fingerprint density at radius 1 is 1.67 bits per heavy atom. The van der Waals surface area contributed by atoms with E-state index in [1.165, 1.54) is 25.5 Å². The first-order chi connectivity index (χ1) is 5.70. The average molecular weight is 168 g/mol. The van der Waals surface area contributed by atoms with Gasteiger partial charge in [-0.25, -0.2) is 9.78 Å². The minimum Gasteiger partial charge on any atom is -0.479 e. The number of aliphatic carboxylic acids is 1. The molecule has 1 atom stereocenters. The number of rotatable bonds is 3. The Bertz CT molecular complexity index is 263. The molecule has 0 aromatic carbocycles. The van der Waals surface area contributed by atoms with Crippen LogP contribution in [0, 0.1) is 0 Å². The van der Waals surface area contributed by atoms with Crippen molar-refractivity contribution in [2.75, 3.05) is 0 Å². The van der Waals surface area contributed by atoms with Crippen LogP contribution in [0.3, 0.4) is 0 Å². The number of hydrogen-bond acceptors (Lipinski definition) is 4. The molecule has 12 heavy (non-hydrogen) atoms. The molecule has 0 saturated carbocycles. The molecular weight excluding hydrogens is 160 g/mol. The second-order valence-electron chi connectivity index (χ2n) is 2.14. The molecule has 1 aromatic rings. The molecule has 0 amide bonds. The third-order valence-electron chi connectivity index (χ3n) is 1.18.